The first-order valence-electron chi connectivity index (χ1n) is 7.31. The standard InChI is InChI=1S/C15H24N2O3S/c1-11-9-14(6-7-15(11)20-3)21(18,19)17-12(2)13-5-4-8-16-10-13/h6-7,9,12-13,16-17H,4-5,8,10H2,1-3H3. The summed E-state index contributed by atoms with van der Waals surface area (Å²) in [6.45, 7) is 5.66. The zero-order valence-electron chi connectivity index (χ0n) is 12.8. The normalized spacial score (nSPS) is 21.0. The molecule has 118 valence electrons. The number of piperidine rings is 1. The van der Waals surface area contributed by atoms with Gasteiger partial charge >= 0.3 is 0 Å². The highest BCUT2D eigenvalue weighted by atomic mass is 32.2. The summed E-state index contributed by atoms with van der Waals surface area (Å²) in [5.41, 5.74) is 0.812. The second-order valence-electron chi connectivity index (χ2n) is 5.65. The van der Waals surface area contributed by atoms with Crippen molar-refractivity contribution in [3.05, 3.63) is 23.8 Å². The summed E-state index contributed by atoms with van der Waals surface area (Å²) in [5, 5.41) is 3.31. The van der Waals surface area contributed by atoms with Crippen LogP contribution in [-0.2, 0) is 10.0 Å². The van der Waals surface area contributed by atoms with Gasteiger partial charge in [-0.3, -0.25) is 0 Å². The molecule has 0 aromatic heterocycles. The van der Waals surface area contributed by atoms with Crippen LogP contribution in [0, 0.1) is 12.8 Å². The highest BCUT2D eigenvalue weighted by molar-refractivity contribution is 7.89. The Morgan fingerprint density at radius 1 is 1.43 bits per heavy atom. The molecule has 6 heteroatoms. The van der Waals surface area contributed by atoms with E-state index in [2.05, 4.69) is 10.0 Å². The molecule has 0 saturated carbocycles. The first kappa shape index (κ1) is 16.3. The van der Waals surface area contributed by atoms with Crippen molar-refractivity contribution in [2.75, 3.05) is 20.2 Å². The van der Waals surface area contributed by atoms with E-state index in [0.717, 1.165) is 31.5 Å². The molecule has 0 bridgehead atoms. The maximum atomic E-state index is 12.5. The summed E-state index contributed by atoms with van der Waals surface area (Å²) in [6, 6.07) is 4.84. The van der Waals surface area contributed by atoms with Crippen molar-refractivity contribution in [1.29, 1.82) is 0 Å². The van der Waals surface area contributed by atoms with E-state index in [4.69, 9.17) is 4.74 Å². The third-order valence-electron chi connectivity index (χ3n) is 4.06. The second kappa shape index (κ2) is 6.77. The number of aryl methyl sites for hydroxylation is 1. The molecule has 1 aromatic carbocycles. The zero-order chi connectivity index (χ0) is 15.5. The maximum Gasteiger partial charge on any atom is 0.240 e. The van der Waals surface area contributed by atoms with E-state index in [1.165, 1.54) is 0 Å². The predicted octanol–water partition coefficient (Wildman–Crippen LogP) is 1.67. The lowest BCUT2D eigenvalue weighted by molar-refractivity contribution is 0.320. The monoisotopic (exact) mass is 312 g/mol. The van der Waals surface area contributed by atoms with E-state index in [1.807, 2.05) is 13.8 Å². The molecule has 0 radical (unpaired) electrons. The van der Waals surface area contributed by atoms with Gasteiger partial charge in [-0.25, -0.2) is 13.1 Å². The Balaban J connectivity index is 2.12. The molecule has 1 saturated heterocycles. The number of ether oxygens (including phenoxy) is 1. The highest BCUT2D eigenvalue weighted by Gasteiger charge is 2.25. The number of hydrogen-bond acceptors (Lipinski definition) is 4. The molecule has 2 N–H and O–H groups in total. The Hall–Kier alpha value is -1.11. The minimum absolute atomic E-state index is 0.0785. The molecule has 1 fully saturated rings. The average Bonchev–Trinajstić information content (AvgIpc) is 2.47. The van der Waals surface area contributed by atoms with Gasteiger partial charge in [0.25, 0.3) is 0 Å². The first-order valence-corrected chi connectivity index (χ1v) is 8.80. The van der Waals surface area contributed by atoms with E-state index < -0.39 is 10.0 Å². The minimum atomic E-state index is -3.49. The van der Waals surface area contributed by atoms with Crippen LogP contribution in [-0.4, -0.2) is 34.7 Å². The summed E-state index contributed by atoms with van der Waals surface area (Å²) >= 11 is 0. The summed E-state index contributed by atoms with van der Waals surface area (Å²) < 4.78 is 32.9. The van der Waals surface area contributed by atoms with Crippen LogP contribution < -0.4 is 14.8 Å². The van der Waals surface area contributed by atoms with Crippen molar-refractivity contribution in [3.63, 3.8) is 0 Å². The van der Waals surface area contributed by atoms with Crippen LogP contribution in [0.5, 0.6) is 5.75 Å². The predicted molar refractivity (Wildman–Crippen MR) is 83.1 cm³/mol. The van der Waals surface area contributed by atoms with Gasteiger partial charge in [0.2, 0.25) is 10.0 Å². The van der Waals surface area contributed by atoms with Crippen LogP contribution in [0.4, 0.5) is 0 Å². The third-order valence-corrected chi connectivity index (χ3v) is 5.62. The molecule has 1 aliphatic rings. The Morgan fingerprint density at radius 3 is 2.76 bits per heavy atom. The molecule has 2 unspecified atom stereocenters. The van der Waals surface area contributed by atoms with E-state index in [1.54, 1.807) is 25.3 Å². The Kier molecular flexibility index (Phi) is 5.24. The van der Waals surface area contributed by atoms with Crippen molar-refractivity contribution in [3.8, 4) is 5.75 Å². The average molecular weight is 312 g/mol. The largest absolute Gasteiger partial charge is 0.496 e. The van der Waals surface area contributed by atoms with Crippen molar-refractivity contribution in [2.45, 2.75) is 37.6 Å². The Morgan fingerprint density at radius 2 is 2.19 bits per heavy atom. The van der Waals surface area contributed by atoms with Gasteiger partial charge in [-0.15, -0.1) is 0 Å². The van der Waals surface area contributed by atoms with Crippen molar-refractivity contribution < 1.29 is 13.2 Å². The minimum Gasteiger partial charge on any atom is -0.496 e. The van der Waals surface area contributed by atoms with Crippen LogP contribution in [0.15, 0.2) is 23.1 Å². The van der Waals surface area contributed by atoms with E-state index in [0.29, 0.717) is 11.7 Å². The molecular weight excluding hydrogens is 288 g/mol. The SMILES string of the molecule is COc1ccc(S(=O)(=O)NC(C)C2CCCNC2)cc1C. The van der Waals surface area contributed by atoms with E-state index >= 15 is 0 Å². The fourth-order valence-corrected chi connectivity index (χ4v) is 4.13. The molecule has 1 aromatic rings. The number of rotatable bonds is 5. The number of sulfonamides is 1. The molecule has 0 spiro atoms. The quantitative estimate of drug-likeness (QED) is 0.868. The van der Waals surface area contributed by atoms with Crippen LogP contribution in [0.2, 0.25) is 0 Å². The smallest absolute Gasteiger partial charge is 0.240 e. The zero-order valence-corrected chi connectivity index (χ0v) is 13.7. The molecule has 5 nitrogen and oxygen atoms in total. The molecule has 2 rings (SSSR count). The molecule has 0 aliphatic carbocycles. The van der Waals surface area contributed by atoms with Crippen molar-refractivity contribution >= 4 is 10.0 Å². The van der Waals surface area contributed by atoms with Gasteiger partial charge < -0.3 is 10.1 Å². The fourth-order valence-electron chi connectivity index (χ4n) is 2.73. The number of methoxy groups -OCH3 is 1. The lowest BCUT2D eigenvalue weighted by Crippen LogP contribution is -2.44. The topological polar surface area (TPSA) is 67.4 Å². The summed E-state index contributed by atoms with van der Waals surface area (Å²) in [4.78, 5) is 0.288. The number of nitrogens with one attached hydrogen (secondary N) is 2. The summed E-state index contributed by atoms with van der Waals surface area (Å²) in [5.74, 6) is 1.03. The van der Waals surface area contributed by atoms with Gasteiger partial charge in [-0.05, 0) is 69.5 Å². The number of hydrogen-bond donors (Lipinski definition) is 2. The summed E-state index contributed by atoms with van der Waals surface area (Å²) in [6.07, 6.45) is 2.15. The lowest BCUT2D eigenvalue weighted by Gasteiger charge is -2.28. The van der Waals surface area contributed by atoms with Gasteiger partial charge in [-0.1, -0.05) is 0 Å². The molecular formula is C15H24N2O3S. The van der Waals surface area contributed by atoms with Crippen LogP contribution >= 0.6 is 0 Å². The fraction of sp³-hybridized carbons (Fsp3) is 0.600. The first-order chi connectivity index (χ1) is 9.94. The van der Waals surface area contributed by atoms with Crippen LogP contribution in [0.1, 0.15) is 25.3 Å². The third kappa shape index (κ3) is 3.96. The van der Waals surface area contributed by atoms with Gasteiger partial charge in [-0.2, -0.15) is 0 Å². The van der Waals surface area contributed by atoms with Gasteiger partial charge in [0, 0.05) is 6.04 Å². The van der Waals surface area contributed by atoms with Gasteiger partial charge in [0.1, 0.15) is 5.75 Å². The van der Waals surface area contributed by atoms with Crippen molar-refractivity contribution in [2.24, 2.45) is 5.92 Å². The number of benzene rings is 1. The van der Waals surface area contributed by atoms with Gasteiger partial charge in [0.05, 0.1) is 12.0 Å². The van der Waals surface area contributed by atoms with E-state index in [-0.39, 0.29) is 10.9 Å². The van der Waals surface area contributed by atoms with Crippen molar-refractivity contribution in [1.82, 2.24) is 10.0 Å². The molecule has 21 heavy (non-hydrogen) atoms. The maximum absolute atomic E-state index is 12.5. The van der Waals surface area contributed by atoms with Crippen LogP contribution in [0.3, 0.4) is 0 Å². The van der Waals surface area contributed by atoms with E-state index in [9.17, 15) is 8.42 Å². The summed E-state index contributed by atoms with van der Waals surface area (Å²) in [7, 11) is -1.91. The molecule has 1 heterocycles. The second-order valence-corrected chi connectivity index (χ2v) is 7.36. The molecule has 0 amide bonds. The Bertz CT molecular complexity index is 581. The highest BCUT2D eigenvalue weighted by Crippen LogP contribution is 2.22. The lowest BCUT2D eigenvalue weighted by atomic mass is 9.94. The molecule has 1 aliphatic heterocycles. The van der Waals surface area contributed by atoms with Crippen LogP contribution in [0.25, 0.3) is 0 Å². The molecule has 2 atom stereocenters. The van der Waals surface area contributed by atoms with Gasteiger partial charge in [0.15, 0.2) is 0 Å². The Labute approximate surface area is 127 Å².